The fourth-order valence-electron chi connectivity index (χ4n) is 5.06. The van der Waals surface area contributed by atoms with Crippen LogP contribution in [0.1, 0.15) is 75.5 Å². The summed E-state index contributed by atoms with van der Waals surface area (Å²) in [5, 5.41) is 9.89. The standard InChI is InChI=1S/C22H36N6O/c1-28(2)20-18-9-5-6-10-19(18)26-21(27-20)23-16-11-13-17(14-12-16)25-22(29)24-15-7-3-4-8-15/h15-17H,3-14H2,1-2H3,(H,23,26,27)(H2,24,25,29)/t16-,17+. The number of hydrogen-bond acceptors (Lipinski definition) is 5. The minimum absolute atomic E-state index is 0.0157. The molecule has 3 aliphatic carbocycles. The number of aryl methyl sites for hydroxylation is 1. The molecular weight excluding hydrogens is 364 g/mol. The molecule has 4 rings (SSSR count). The summed E-state index contributed by atoms with van der Waals surface area (Å²) in [4.78, 5) is 24.0. The molecule has 160 valence electrons. The second-order valence-corrected chi connectivity index (χ2v) is 9.19. The third-order valence-electron chi connectivity index (χ3n) is 6.67. The molecule has 0 aromatic carbocycles. The zero-order valence-electron chi connectivity index (χ0n) is 18.0. The Morgan fingerprint density at radius 1 is 0.828 bits per heavy atom. The average molecular weight is 401 g/mol. The van der Waals surface area contributed by atoms with E-state index < -0.39 is 0 Å². The van der Waals surface area contributed by atoms with Crippen molar-refractivity contribution in [2.45, 2.75) is 95.2 Å². The van der Waals surface area contributed by atoms with E-state index in [4.69, 9.17) is 9.97 Å². The first-order valence-electron chi connectivity index (χ1n) is 11.5. The van der Waals surface area contributed by atoms with Crippen LogP contribution in [0.3, 0.4) is 0 Å². The van der Waals surface area contributed by atoms with Crippen LogP contribution >= 0.6 is 0 Å². The van der Waals surface area contributed by atoms with Gasteiger partial charge in [-0.1, -0.05) is 12.8 Å². The number of amides is 2. The lowest BCUT2D eigenvalue weighted by Crippen LogP contribution is -2.47. The van der Waals surface area contributed by atoms with Crippen LogP contribution < -0.4 is 20.9 Å². The zero-order chi connectivity index (χ0) is 20.2. The van der Waals surface area contributed by atoms with Crippen LogP contribution in [0.5, 0.6) is 0 Å². The molecule has 0 spiro atoms. The molecule has 1 aromatic heterocycles. The minimum atomic E-state index is 0.0157. The minimum Gasteiger partial charge on any atom is -0.362 e. The number of fused-ring (bicyclic) bond motifs is 1. The second-order valence-electron chi connectivity index (χ2n) is 9.19. The molecule has 7 heteroatoms. The summed E-state index contributed by atoms with van der Waals surface area (Å²) in [7, 11) is 4.13. The van der Waals surface area contributed by atoms with Gasteiger partial charge < -0.3 is 20.9 Å². The summed E-state index contributed by atoms with van der Waals surface area (Å²) in [6.07, 6.45) is 13.4. The molecule has 0 radical (unpaired) electrons. The van der Waals surface area contributed by atoms with Crippen LogP contribution in [0.4, 0.5) is 16.6 Å². The van der Waals surface area contributed by atoms with Crippen molar-refractivity contribution in [3.63, 3.8) is 0 Å². The lowest BCUT2D eigenvalue weighted by atomic mass is 9.91. The number of nitrogens with zero attached hydrogens (tertiary/aromatic N) is 3. The van der Waals surface area contributed by atoms with Crippen molar-refractivity contribution in [2.75, 3.05) is 24.3 Å². The smallest absolute Gasteiger partial charge is 0.315 e. The molecule has 0 unspecified atom stereocenters. The van der Waals surface area contributed by atoms with Gasteiger partial charge in [0.2, 0.25) is 5.95 Å². The van der Waals surface area contributed by atoms with E-state index in [-0.39, 0.29) is 12.1 Å². The summed E-state index contributed by atoms with van der Waals surface area (Å²) in [5.41, 5.74) is 2.55. The van der Waals surface area contributed by atoms with Crippen molar-refractivity contribution in [1.82, 2.24) is 20.6 Å². The van der Waals surface area contributed by atoms with Gasteiger partial charge in [-0.3, -0.25) is 0 Å². The van der Waals surface area contributed by atoms with Gasteiger partial charge in [-0.15, -0.1) is 0 Å². The molecule has 0 saturated heterocycles. The van der Waals surface area contributed by atoms with Gasteiger partial charge in [0.15, 0.2) is 0 Å². The van der Waals surface area contributed by atoms with Gasteiger partial charge in [-0.2, -0.15) is 4.98 Å². The van der Waals surface area contributed by atoms with Gasteiger partial charge in [0.05, 0.1) is 5.69 Å². The highest BCUT2D eigenvalue weighted by Gasteiger charge is 2.25. The number of carbonyl (C=O) groups is 1. The van der Waals surface area contributed by atoms with Crippen LogP contribution in [0, 0.1) is 0 Å². The van der Waals surface area contributed by atoms with Gasteiger partial charge in [-0.05, 0) is 64.2 Å². The summed E-state index contributed by atoms with van der Waals surface area (Å²) in [6, 6.07) is 1.04. The number of rotatable bonds is 5. The number of anilines is 2. The third-order valence-corrected chi connectivity index (χ3v) is 6.67. The Kier molecular flexibility index (Phi) is 6.40. The van der Waals surface area contributed by atoms with Crippen LogP contribution in [0.25, 0.3) is 0 Å². The quantitative estimate of drug-likeness (QED) is 0.706. The normalized spacial score (nSPS) is 24.6. The number of urea groups is 1. The molecule has 0 bridgehead atoms. The van der Waals surface area contributed by atoms with E-state index in [2.05, 4.69) is 34.9 Å². The lowest BCUT2D eigenvalue weighted by Gasteiger charge is -2.31. The molecule has 2 amide bonds. The van der Waals surface area contributed by atoms with Crippen LogP contribution in [0.2, 0.25) is 0 Å². The van der Waals surface area contributed by atoms with Crippen molar-refractivity contribution in [3.05, 3.63) is 11.3 Å². The number of aromatic nitrogens is 2. The maximum atomic E-state index is 12.2. The lowest BCUT2D eigenvalue weighted by molar-refractivity contribution is 0.228. The number of carbonyl (C=O) groups excluding carboxylic acids is 1. The molecule has 0 aliphatic heterocycles. The van der Waals surface area contributed by atoms with E-state index >= 15 is 0 Å². The maximum Gasteiger partial charge on any atom is 0.315 e. The fourth-order valence-corrected chi connectivity index (χ4v) is 5.06. The van der Waals surface area contributed by atoms with Crippen LogP contribution in [0.15, 0.2) is 0 Å². The molecule has 0 atom stereocenters. The van der Waals surface area contributed by atoms with Gasteiger partial charge in [-0.25, -0.2) is 9.78 Å². The van der Waals surface area contributed by atoms with Gasteiger partial charge in [0, 0.05) is 37.8 Å². The molecule has 1 heterocycles. The summed E-state index contributed by atoms with van der Waals surface area (Å²) < 4.78 is 0. The van der Waals surface area contributed by atoms with E-state index in [1.54, 1.807) is 0 Å². The molecule has 3 N–H and O–H groups in total. The number of nitrogens with one attached hydrogen (secondary N) is 3. The van der Waals surface area contributed by atoms with Gasteiger partial charge in [0.25, 0.3) is 0 Å². The predicted octanol–water partition coefficient (Wildman–Crippen LogP) is 3.39. The first-order valence-corrected chi connectivity index (χ1v) is 11.5. The first kappa shape index (κ1) is 20.2. The molecule has 7 nitrogen and oxygen atoms in total. The molecule has 2 fully saturated rings. The summed E-state index contributed by atoms with van der Waals surface area (Å²) in [5.74, 6) is 1.83. The van der Waals surface area contributed by atoms with Crippen molar-refractivity contribution >= 4 is 17.8 Å². The first-order chi connectivity index (χ1) is 14.1. The molecular formula is C22H36N6O. The Morgan fingerprint density at radius 2 is 1.45 bits per heavy atom. The van der Waals surface area contributed by atoms with Crippen molar-refractivity contribution in [2.24, 2.45) is 0 Å². The van der Waals surface area contributed by atoms with E-state index in [9.17, 15) is 4.79 Å². The van der Waals surface area contributed by atoms with Crippen LogP contribution in [-0.4, -0.2) is 48.2 Å². The van der Waals surface area contributed by atoms with E-state index in [1.807, 2.05) is 0 Å². The highest BCUT2D eigenvalue weighted by atomic mass is 16.2. The SMILES string of the molecule is CN(C)c1nc(N[C@H]2CC[C@@H](NC(=O)NC3CCCC3)CC2)nc2c1CCCC2. The Bertz CT molecular complexity index is 707. The Morgan fingerprint density at radius 3 is 2.14 bits per heavy atom. The fraction of sp³-hybridized carbons (Fsp3) is 0.773. The topological polar surface area (TPSA) is 82.2 Å². The van der Waals surface area contributed by atoms with E-state index in [1.165, 1.54) is 36.9 Å². The maximum absolute atomic E-state index is 12.2. The van der Waals surface area contributed by atoms with E-state index in [0.717, 1.165) is 63.1 Å². The highest BCUT2D eigenvalue weighted by Crippen LogP contribution is 2.29. The zero-order valence-corrected chi connectivity index (χ0v) is 18.0. The Balaban J connectivity index is 1.29. The molecule has 29 heavy (non-hydrogen) atoms. The van der Waals surface area contributed by atoms with Crippen molar-refractivity contribution in [3.8, 4) is 0 Å². The second kappa shape index (κ2) is 9.18. The molecule has 1 aromatic rings. The van der Waals surface area contributed by atoms with Crippen molar-refractivity contribution < 1.29 is 4.79 Å². The Labute approximate surface area is 174 Å². The third kappa shape index (κ3) is 5.11. The van der Waals surface area contributed by atoms with E-state index in [0.29, 0.717) is 12.1 Å². The highest BCUT2D eigenvalue weighted by molar-refractivity contribution is 5.74. The van der Waals surface area contributed by atoms with Gasteiger partial charge in [0.1, 0.15) is 5.82 Å². The molecule has 3 aliphatic rings. The predicted molar refractivity (Wildman–Crippen MR) is 117 cm³/mol. The summed E-state index contributed by atoms with van der Waals surface area (Å²) >= 11 is 0. The van der Waals surface area contributed by atoms with Gasteiger partial charge >= 0.3 is 6.03 Å². The number of hydrogen-bond donors (Lipinski definition) is 3. The monoisotopic (exact) mass is 400 g/mol. The Hall–Kier alpha value is -2.05. The molecule has 2 saturated carbocycles. The largest absolute Gasteiger partial charge is 0.362 e. The van der Waals surface area contributed by atoms with Crippen molar-refractivity contribution in [1.29, 1.82) is 0 Å². The average Bonchev–Trinajstić information content (AvgIpc) is 3.21. The van der Waals surface area contributed by atoms with Crippen LogP contribution in [-0.2, 0) is 12.8 Å². The summed E-state index contributed by atoms with van der Waals surface area (Å²) in [6.45, 7) is 0.